The summed E-state index contributed by atoms with van der Waals surface area (Å²) in [5, 5.41) is 3.09. The van der Waals surface area contributed by atoms with Gasteiger partial charge in [-0.05, 0) is 44.0 Å². The number of quaternary nitrogens is 2. The van der Waals surface area contributed by atoms with E-state index in [0.29, 0.717) is 12.2 Å². The highest BCUT2D eigenvalue weighted by atomic mass is 16.2. The Hall–Kier alpha value is -3.03. The molecule has 0 saturated carbocycles. The van der Waals surface area contributed by atoms with Crippen LogP contribution in [0.25, 0.3) is 5.65 Å². The van der Waals surface area contributed by atoms with Crippen molar-refractivity contribution in [3.63, 3.8) is 0 Å². The van der Waals surface area contributed by atoms with Gasteiger partial charge in [-0.1, -0.05) is 24.3 Å². The largest absolute Gasteiger partial charge is 0.321 e. The summed E-state index contributed by atoms with van der Waals surface area (Å²) in [6.45, 7) is 11.0. The zero-order chi connectivity index (χ0) is 22.0. The molecule has 31 heavy (non-hydrogen) atoms. The van der Waals surface area contributed by atoms with Gasteiger partial charge in [0.15, 0.2) is 6.54 Å². The van der Waals surface area contributed by atoms with Crippen molar-refractivity contribution < 1.29 is 14.6 Å². The van der Waals surface area contributed by atoms with Crippen molar-refractivity contribution in [1.29, 1.82) is 0 Å². The molecule has 0 radical (unpaired) electrons. The second-order valence-electron chi connectivity index (χ2n) is 8.62. The highest BCUT2D eigenvalue weighted by Crippen LogP contribution is 2.18. The number of benzene rings is 1. The molecule has 3 N–H and O–H groups in total. The predicted molar refractivity (Wildman–Crippen MR) is 121 cm³/mol. The van der Waals surface area contributed by atoms with Crippen LogP contribution >= 0.6 is 0 Å². The van der Waals surface area contributed by atoms with Crippen LogP contribution in [0.3, 0.4) is 0 Å². The van der Waals surface area contributed by atoms with Crippen LogP contribution in [0.5, 0.6) is 0 Å². The lowest BCUT2D eigenvalue weighted by molar-refractivity contribution is -1.02. The van der Waals surface area contributed by atoms with Crippen LogP contribution in [-0.2, 0) is 11.3 Å². The molecule has 3 heterocycles. The Morgan fingerprint density at radius 2 is 1.65 bits per heavy atom. The van der Waals surface area contributed by atoms with Crippen LogP contribution in [0.4, 0.5) is 5.69 Å². The first-order valence-corrected chi connectivity index (χ1v) is 10.9. The molecule has 0 bridgehead atoms. The molecule has 1 aromatic carbocycles. The number of aromatic nitrogens is 2. The molecule has 1 saturated heterocycles. The van der Waals surface area contributed by atoms with E-state index in [0.717, 1.165) is 60.9 Å². The number of piperazine rings is 1. The van der Waals surface area contributed by atoms with Gasteiger partial charge >= 0.3 is 0 Å². The minimum Gasteiger partial charge on any atom is -0.321 e. The van der Waals surface area contributed by atoms with Crippen molar-refractivity contribution in [2.24, 2.45) is 0 Å². The van der Waals surface area contributed by atoms with Gasteiger partial charge in [0.05, 0.1) is 0 Å². The Morgan fingerprint density at radius 1 is 1.00 bits per heavy atom. The average molecular weight is 422 g/mol. The number of hydrogen-bond acceptors (Lipinski definition) is 3. The molecule has 0 atom stereocenters. The highest BCUT2D eigenvalue weighted by molar-refractivity contribution is 5.93. The fraction of sp³-hybridized carbons (Fsp3) is 0.375. The maximum Gasteiger partial charge on any atom is 0.279 e. The van der Waals surface area contributed by atoms with Crippen LogP contribution in [-0.4, -0.2) is 48.0 Å². The maximum atomic E-state index is 12.6. The van der Waals surface area contributed by atoms with Crippen LogP contribution in [0.1, 0.15) is 22.5 Å². The van der Waals surface area contributed by atoms with Gasteiger partial charge in [-0.15, -0.1) is 0 Å². The van der Waals surface area contributed by atoms with Crippen molar-refractivity contribution >= 4 is 17.2 Å². The number of carbonyl (C=O) groups excluding carboxylic acids is 1. The summed E-state index contributed by atoms with van der Waals surface area (Å²) in [7, 11) is 0. The number of nitrogens with one attached hydrogen (secondary N) is 3. The number of amides is 1. The quantitative estimate of drug-likeness (QED) is 0.522. The Bertz CT molecular complexity index is 1140. The zero-order valence-electron chi connectivity index (χ0n) is 18.5. The third kappa shape index (κ3) is 4.84. The summed E-state index contributed by atoms with van der Waals surface area (Å²) in [5.74, 6) is 0.0652. The molecule has 7 nitrogen and oxygen atoms in total. The van der Waals surface area contributed by atoms with Crippen molar-refractivity contribution in [2.45, 2.75) is 27.3 Å². The zero-order valence-corrected chi connectivity index (χ0v) is 18.5. The van der Waals surface area contributed by atoms with Gasteiger partial charge in [0.2, 0.25) is 0 Å². The number of nitrogens with zero attached hydrogens (tertiary/aromatic N) is 2. The molecule has 0 unspecified atom stereocenters. The van der Waals surface area contributed by atoms with E-state index >= 15 is 0 Å². The van der Waals surface area contributed by atoms with Gasteiger partial charge in [-0.2, -0.15) is 0 Å². The van der Waals surface area contributed by atoms with Crippen LogP contribution in [0, 0.1) is 20.8 Å². The summed E-state index contributed by atoms with van der Waals surface area (Å²) in [6, 6.07) is 13.4. The molecule has 7 heteroatoms. The SMILES string of the molecule is Cc1cccc(C)c1NC(=O)C[NH+]1CC[NH+](Cc2cc(=O)n3c(C)cccc3n2)CC1. The van der Waals surface area contributed by atoms with Gasteiger partial charge in [0.25, 0.3) is 11.5 Å². The third-order valence-corrected chi connectivity index (χ3v) is 6.18. The topological polar surface area (TPSA) is 72.3 Å². The Balaban J connectivity index is 1.32. The fourth-order valence-corrected chi connectivity index (χ4v) is 4.44. The lowest BCUT2D eigenvalue weighted by Crippen LogP contribution is -3.28. The summed E-state index contributed by atoms with van der Waals surface area (Å²) >= 11 is 0. The molecular weight excluding hydrogens is 390 g/mol. The van der Waals surface area contributed by atoms with Crippen molar-refractivity contribution in [3.05, 3.63) is 75.3 Å². The smallest absolute Gasteiger partial charge is 0.279 e. The Labute approximate surface area is 182 Å². The number of pyridine rings is 1. The monoisotopic (exact) mass is 421 g/mol. The van der Waals surface area contributed by atoms with Gasteiger partial charge in [-0.25, -0.2) is 4.98 Å². The van der Waals surface area contributed by atoms with E-state index in [4.69, 9.17) is 4.98 Å². The second-order valence-corrected chi connectivity index (χ2v) is 8.62. The molecular formula is C24H31N5O2+2. The first kappa shape index (κ1) is 21.2. The standard InChI is InChI=1S/C24H29N5O2/c1-17-6-4-7-18(2)24(17)26-22(30)16-28-12-10-27(11-13-28)15-20-14-23(31)29-19(3)8-5-9-21(29)25-20/h4-9,14H,10-13,15-16H2,1-3H3,(H,26,30)/p+2. The third-order valence-electron chi connectivity index (χ3n) is 6.18. The molecule has 0 aliphatic carbocycles. The average Bonchev–Trinajstić information content (AvgIpc) is 2.72. The summed E-state index contributed by atoms with van der Waals surface area (Å²) in [5.41, 5.74) is 5.52. The summed E-state index contributed by atoms with van der Waals surface area (Å²) < 4.78 is 1.65. The predicted octanol–water partition coefficient (Wildman–Crippen LogP) is -0.458. The van der Waals surface area contributed by atoms with E-state index in [1.165, 1.54) is 9.80 Å². The first-order chi connectivity index (χ1) is 14.9. The van der Waals surface area contributed by atoms with Crippen LogP contribution in [0.15, 0.2) is 47.3 Å². The van der Waals surface area contributed by atoms with Crippen LogP contribution < -0.4 is 20.7 Å². The molecule has 0 spiro atoms. The van der Waals surface area contributed by atoms with Crippen molar-refractivity contribution in [1.82, 2.24) is 9.38 Å². The van der Waals surface area contributed by atoms with Crippen molar-refractivity contribution in [2.75, 3.05) is 38.0 Å². The number of hydrogen-bond donors (Lipinski definition) is 3. The fourth-order valence-electron chi connectivity index (χ4n) is 4.44. The van der Waals surface area contributed by atoms with E-state index in [-0.39, 0.29) is 11.5 Å². The minimum absolute atomic E-state index is 0.0232. The number of carbonyl (C=O) groups is 1. The lowest BCUT2D eigenvalue weighted by atomic mass is 10.1. The molecule has 162 valence electrons. The van der Waals surface area contributed by atoms with Gasteiger partial charge in [0.1, 0.15) is 44.1 Å². The number of anilines is 1. The Kier molecular flexibility index (Phi) is 6.15. The molecule has 1 aliphatic rings. The lowest BCUT2D eigenvalue weighted by Gasteiger charge is -2.29. The van der Waals surface area contributed by atoms with Crippen molar-refractivity contribution in [3.8, 4) is 0 Å². The van der Waals surface area contributed by atoms with Gasteiger partial charge in [-0.3, -0.25) is 14.0 Å². The Morgan fingerprint density at radius 3 is 2.35 bits per heavy atom. The molecule has 1 amide bonds. The molecule has 1 fully saturated rings. The number of fused-ring (bicyclic) bond motifs is 1. The first-order valence-electron chi connectivity index (χ1n) is 10.9. The summed E-state index contributed by atoms with van der Waals surface area (Å²) in [6.07, 6.45) is 0. The van der Waals surface area contributed by atoms with Gasteiger partial charge < -0.3 is 15.1 Å². The normalized spacial score (nSPS) is 18.8. The minimum atomic E-state index is -0.0232. The number of para-hydroxylation sites is 1. The highest BCUT2D eigenvalue weighted by Gasteiger charge is 2.25. The van der Waals surface area contributed by atoms with E-state index < -0.39 is 0 Å². The van der Waals surface area contributed by atoms with Crippen LogP contribution in [0.2, 0.25) is 0 Å². The maximum absolute atomic E-state index is 12.6. The summed E-state index contributed by atoms with van der Waals surface area (Å²) in [4.78, 5) is 32.5. The molecule has 3 aromatic rings. The number of rotatable bonds is 5. The molecule has 4 rings (SSSR count). The van der Waals surface area contributed by atoms with E-state index in [1.807, 2.05) is 57.2 Å². The number of aryl methyl sites for hydroxylation is 3. The molecule has 1 aliphatic heterocycles. The van der Waals surface area contributed by atoms with E-state index in [1.54, 1.807) is 10.5 Å². The van der Waals surface area contributed by atoms with Gasteiger partial charge in [0, 0.05) is 17.4 Å². The van der Waals surface area contributed by atoms with E-state index in [9.17, 15) is 9.59 Å². The second kappa shape index (κ2) is 8.99. The molecule has 2 aromatic heterocycles. The van der Waals surface area contributed by atoms with E-state index in [2.05, 4.69) is 5.32 Å².